The average Bonchev–Trinajstić information content (AvgIpc) is 2.62. The second-order valence-corrected chi connectivity index (χ2v) is 6.82. The van der Waals surface area contributed by atoms with E-state index in [1.165, 1.54) is 11.8 Å². The Morgan fingerprint density at radius 2 is 1.64 bits per heavy atom. The summed E-state index contributed by atoms with van der Waals surface area (Å²) in [5.74, 6) is 0.674. The van der Waals surface area contributed by atoms with Crippen LogP contribution in [0, 0.1) is 0 Å². The summed E-state index contributed by atoms with van der Waals surface area (Å²) < 4.78 is 11.2. The lowest BCUT2D eigenvalue weighted by atomic mass is 10.1. The Kier molecular flexibility index (Phi) is 7.19. The number of carbonyl (C=O) groups is 1. The molecule has 0 aliphatic heterocycles. The van der Waals surface area contributed by atoms with Gasteiger partial charge in [0.25, 0.3) is 0 Å². The lowest BCUT2D eigenvalue weighted by Gasteiger charge is -2.15. The van der Waals surface area contributed by atoms with Crippen molar-refractivity contribution in [2.24, 2.45) is 0 Å². The normalized spacial score (nSPS) is 13.1. The fourth-order valence-corrected chi connectivity index (χ4v) is 3.17. The maximum absolute atomic E-state index is 11.7. The summed E-state index contributed by atoms with van der Waals surface area (Å²) in [6.07, 6.45) is 1.10. The molecule has 0 amide bonds. The van der Waals surface area contributed by atoms with Gasteiger partial charge in [-0.25, -0.2) is 0 Å². The van der Waals surface area contributed by atoms with Gasteiger partial charge in [-0.1, -0.05) is 19.1 Å². The molecule has 25 heavy (non-hydrogen) atoms. The summed E-state index contributed by atoms with van der Waals surface area (Å²) in [5.41, 5.74) is 0.737. The van der Waals surface area contributed by atoms with Crippen molar-refractivity contribution in [2.75, 3.05) is 6.61 Å². The van der Waals surface area contributed by atoms with Crippen LogP contribution in [0.15, 0.2) is 53.4 Å². The summed E-state index contributed by atoms with van der Waals surface area (Å²) in [4.78, 5) is 12.6. The van der Waals surface area contributed by atoms with E-state index in [1.807, 2.05) is 38.1 Å². The van der Waals surface area contributed by atoms with Crippen LogP contribution in [0.25, 0.3) is 0 Å². The molecule has 0 saturated heterocycles. The summed E-state index contributed by atoms with van der Waals surface area (Å²) >= 11 is 1.31. The smallest absolute Gasteiger partial charge is 0.321 e. The van der Waals surface area contributed by atoms with Crippen LogP contribution in [0.5, 0.6) is 11.5 Å². The second-order valence-electron chi connectivity index (χ2n) is 5.65. The molecule has 2 aromatic carbocycles. The molecule has 2 unspecified atom stereocenters. The predicted molar refractivity (Wildman–Crippen MR) is 101 cm³/mol. The highest BCUT2D eigenvalue weighted by Gasteiger charge is 2.21. The van der Waals surface area contributed by atoms with Crippen LogP contribution >= 0.6 is 11.8 Å². The second kappa shape index (κ2) is 9.37. The minimum Gasteiger partial charge on any atom is -0.494 e. The minimum absolute atomic E-state index is 0.161. The van der Waals surface area contributed by atoms with E-state index in [9.17, 15) is 9.90 Å². The van der Waals surface area contributed by atoms with Gasteiger partial charge in [0.05, 0.1) is 12.7 Å². The van der Waals surface area contributed by atoms with Crippen molar-refractivity contribution in [2.45, 2.75) is 43.4 Å². The minimum atomic E-state index is -0.867. The summed E-state index contributed by atoms with van der Waals surface area (Å²) in [6, 6.07) is 14.8. The number of hydrogen-bond acceptors (Lipinski definition) is 4. The van der Waals surface area contributed by atoms with E-state index < -0.39 is 11.2 Å². The van der Waals surface area contributed by atoms with Crippen LogP contribution in [0.4, 0.5) is 0 Å². The number of carboxylic acid groups (broad SMARTS) is 1. The monoisotopic (exact) mass is 360 g/mol. The lowest BCUT2D eigenvalue weighted by Crippen LogP contribution is -2.09. The zero-order chi connectivity index (χ0) is 18.2. The molecule has 0 aliphatic carbocycles. The first kappa shape index (κ1) is 19.2. The van der Waals surface area contributed by atoms with E-state index in [1.54, 1.807) is 24.3 Å². The van der Waals surface area contributed by atoms with Gasteiger partial charge in [0.2, 0.25) is 0 Å². The number of carboxylic acids is 1. The first-order valence-electron chi connectivity index (χ1n) is 8.42. The Morgan fingerprint density at radius 1 is 1.04 bits per heavy atom. The van der Waals surface area contributed by atoms with E-state index >= 15 is 0 Å². The zero-order valence-corrected chi connectivity index (χ0v) is 15.6. The van der Waals surface area contributed by atoms with E-state index in [0.29, 0.717) is 6.61 Å². The van der Waals surface area contributed by atoms with E-state index in [4.69, 9.17) is 9.47 Å². The van der Waals surface area contributed by atoms with Crippen LogP contribution in [-0.2, 0) is 4.79 Å². The summed E-state index contributed by atoms with van der Waals surface area (Å²) in [5, 5.41) is 8.92. The van der Waals surface area contributed by atoms with Gasteiger partial charge < -0.3 is 14.6 Å². The van der Waals surface area contributed by atoms with Crippen LogP contribution in [0.3, 0.4) is 0 Å². The highest BCUT2D eigenvalue weighted by molar-refractivity contribution is 8.00. The number of benzene rings is 2. The van der Waals surface area contributed by atoms with Crippen molar-refractivity contribution in [1.29, 1.82) is 0 Å². The fourth-order valence-electron chi connectivity index (χ4n) is 2.22. The highest BCUT2D eigenvalue weighted by Crippen LogP contribution is 2.36. The van der Waals surface area contributed by atoms with Crippen LogP contribution in [0.2, 0.25) is 0 Å². The molecule has 0 fully saturated rings. The Bertz CT molecular complexity index is 667. The van der Waals surface area contributed by atoms with E-state index in [-0.39, 0.29) is 6.10 Å². The number of rotatable bonds is 9. The van der Waals surface area contributed by atoms with Crippen molar-refractivity contribution < 1.29 is 19.4 Å². The van der Waals surface area contributed by atoms with Crippen molar-refractivity contribution in [3.05, 3.63) is 54.1 Å². The molecule has 0 bridgehead atoms. The molecular weight excluding hydrogens is 336 g/mol. The topological polar surface area (TPSA) is 55.8 Å². The largest absolute Gasteiger partial charge is 0.494 e. The van der Waals surface area contributed by atoms with E-state index in [0.717, 1.165) is 28.4 Å². The highest BCUT2D eigenvalue weighted by atomic mass is 32.2. The van der Waals surface area contributed by atoms with Crippen molar-refractivity contribution in [3.8, 4) is 11.5 Å². The number of hydrogen-bond donors (Lipinski definition) is 1. The Hall–Kier alpha value is -2.14. The molecule has 0 aliphatic rings. The van der Waals surface area contributed by atoms with Gasteiger partial charge in [-0.05, 0) is 62.2 Å². The maximum atomic E-state index is 11.7. The maximum Gasteiger partial charge on any atom is 0.321 e. The quantitative estimate of drug-likeness (QED) is 0.624. The molecular formula is C20H24O4S. The zero-order valence-electron chi connectivity index (χ0n) is 14.8. The third kappa shape index (κ3) is 5.71. The molecule has 0 spiro atoms. The fraction of sp³-hybridized carbons (Fsp3) is 0.350. The molecule has 5 heteroatoms. The number of ether oxygens (including phenoxy) is 2. The van der Waals surface area contributed by atoms with Crippen LogP contribution in [0.1, 0.15) is 38.0 Å². The Labute approximate surface area is 153 Å². The third-order valence-electron chi connectivity index (χ3n) is 3.71. The molecule has 0 radical (unpaired) electrons. The van der Waals surface area contributed by atoms with Crippen LogP contribution in [-0.4, -0.2) is 23.8 Å². The average molecular weight is 360 g/mol. The Balaban J connectivity index is 2.09. The summed E-state index contributed by atoms with van der Waals surface area (Å²) in [6.45, 7) is 6.60. The van der Waals surface area contributed by atoms with Crippen molar-refractivity contribution >= 4 is 17.7 Å². The molecule has 4 nitrogen and oxygen atoms in total. The molecule has 1 N–H and O–H groups in total. The van der Waals surface area contributed by atoms with Crippen molar-refractivity contribution in [3.63, 3.8) is 0 Å². The molecule has 0 heterocycles. The lowest BCUT2D eigenvalue weighted by molar-refractivity contribution is -0.136. The molecule has 2 atom stereocenters. The van der Waals surface area contributed by atoms with Gasteiger partial charge in [0.1, 0.15) is 16.7 Å². The first-order chi connectivity index (χ1) is 12.0. The third-order valence-corrected chi connectivity index (χ3v) is 4.96. The standard InChI is InChI=1S/C20H24O4S/c1-4-14(3)24-17-10-12-18(13-11-17)25-19(20(21)22)15-6-8-16(9-7-15)23-5-2/h6-14,19H,4-5H2,1-3H3,(H,21,22). The molecule has 0 saturated carbocycles. The number of aliphatic carboxylic acids is 1. The molecule has 2 rings (SSSR count). The van der Waals surface area contributed by atoms with Gasteiger partial charge in [-0.2, -0.15) is 0 Å². The molecule has 0 aromatic heterocycles. The van der Waals surface area contributed by atoms with Crippen LogP contribution < -0.4 is 9.47 Å². The Morgan fingerprint density at radius 3 is 2.16 bits per heavy atom. The summed E-state index contributed by atoms with van der Waals surface area (Å²) in [7, 11) is 0. The molecule has 134 valence electrons. The molecule has 2 aromatic rings. The van der Waals surface area contributed by atoms with E-state index in [2.05, 4.69) is 6.92 Å². The van der Waals surface area contributed by atoms with Crippen molar-refractivity contribution in [1.82, 2.24) is 0 Å². The van der Waals surface area contributed by atoms with Gasteiger partial charge in [-0.3, -0.25) is 4.79 Å². The SMILES string of the molecule is CCOc1ccc(C(Sc2ccc(OC(C)CC)cc2)C(=O)O)cc1. The van der Waals surface area contributed by atoms with Gasteiger partial charge in [0.15, 0.2) is 0 Å². The number of thioether (sulfide) groups is 1. The first-order valence-corrected chi connectivity index (χ1v) is 9.30. The predicted octanol–water partition coefficient (Wildman–Crippen LogP) is 5.18. The van der Waals surface area contributed by atoms with Gasteiger partial charge in [-0.15, -0.1) is 11.8 Å². The van der Waals surface area contributed by atoms with Gasteiger partial charge in [0, 0.05) is 4.90 Å². The van der Waals surface area contributed by atoms with Gasteiger partial charge >= 0.3 is 5.97 Å².